The molecule has 0 heterocycles. The number of carbonyl (C=O) groups is 1. The van der Waals surface area contributed by atoms with Gasteiger partial charge in [-0.3, -0.25) is 4.79 Å². The first-order valence-corrected chi connectivity index (χ1v) is 10.4. The van der Waals surface area contributed by atoms with Crippen LogP contribution in [-0.2, 0) is 14.6 Å². The highest BCUT2D eigenvalue weighted by molar-refractivity contribution is 7.90. The minimum atomic E-state index is -3.32. The molecule has 27 heavy (non-hydrogen) atoms. The van der Waals surface area contributed by atoms with Gasteiger partial charge in [0.25, 0.3) is 0 Å². The van der Waals surface area contributed by atoms with Crippen molar-refractivity contribution in [1.82, 2.24) is 10.6 Å². The summed E-state index contributed by atoms with van der Waals surface area (Å²) in [5.41, 5.74) is 3.89. The number of benzene rings is 2. The summed E-state index contributed by atoms with van der Waals surface area (Å²) in [6.45, 7) is 4.59. The third-order valence-electron chi connectivity index (χ3n) is 4.26. The summed E-state index contributed by atoms with van der Waals surface area (Å²) in [7, 11) is -1.53. The lowest BCUT2D eigenvalue weighted by Gasteiger charge is -2.22. The van der Waals surface area contributed by atoms with Crippen molar-refractivity contribution in [2.75, 3.05) is 19.8 Å². The molecule has 5 nitrogen and oxygen atoms in total. The molecule has 0 bridgehead atoms. The SMILES string of the molecule is CNCCC(=O)NC(c1cccc(S(C)(=O)=O)c1)c1ccc(C)cc1C.Cl. The van der Waals surface area contributed by atoms with Crippen molar-refractivity contribution < 1.29 is 13.2 Å². The zero-order chi connectivity index (χ0) is 19.3. The summed E-state index contributed by atoms with van der Waals surface area (Å²) >= 11 is 0. The zero-order valence-corrected chi connectivity index (χ0v) is 17.7. The summed E-state index contributed by atoms with van der Waals surface area (Å²) in [6.07, 6.45) is 1.54. The number of aryl methyl sites for hydroxylation is 2. The Morgan fingerprint density at radius 2 is 1.81 bits per heavy atom. The predicted octanol–water partition coefficient (Wildman–Crippen LogP) is 2.94. The Balaban J connectivity index is 0.00000364. The van der Waals surface area contributed by atoms with Crippen LogP contribution in [0.2, 0.25) is 0 Å². The van der Waals surface area contributed by atoms with Crippen molar-refractivity contribution >= 4 is 28.2 Å². The molecule has 0 fully saturated rings. The lowest BCUT2D eigenvalue weighted by atomic mass is 9.93. The Hall–Kier alpha value is -1.89. The van der Waals surface area contributed by atoms with Gasteiger partial charge in [-0.1, -0.05) is 35.9 Å². The van der Waals surface area contributed by atoms with Crippen LogP contribution in [0.4, 0.5) is 0 Å². The Morgan fingerprint density at radius 3 is 2.41 bits per heavy atom. The van der Waals surface area contributed by atoms with Crippen molar-refractivity contribution in [3.63, 3.8) is 0 Å². The minimum Gasteiger partial charge on any atom is -0.345 e. The Bertz CT molecular complexity index is 898. The quantitative estimate of drug-likeness (QED) is 0.735. The molecule has 2 N–H and O–H groups in total. The monoisotopic (exact) mass is 410 g/mol. The highest BCUT2D eigenvalue weighted by Crippen LogP contribution is 2.27. The molecule has 0 aromatic heterocycles. The van der Waals surface area contributed by atoms with E-state index in [1.54, 1.807) is 25.2 Å². The maximum Gasteiger partial charge on any atom is 0.222 e. The lowest BCUT2D eigenvalue weighted by molar-refractivity contribution is -0.121. The van der Waals surface area contributed by atoms with Gasteiger partial charge in [0.2, 0.25) is 5.91 Å². The third-order valence-corrected chi connectivity index (χ3v) is 5.37. The smallest absolute Gasteiger partial charge is 0.222 e. The van der Waals surface area contributed by atoms with Crippen LogP contribution in [0.3, 0.4) is 0 Å². The normalized spacial score (nSPS) is 12.1. The molecule has 0 radical (unpaired) electrons. The topological polar surface area (TPSA) is 75.3 Å². The van der Waals surface area contributed by atoms with Crippen molar-refractivity contribution in [2.24, 2.45) is 0 Å². The average molecular weight is 411 g/mol. The van der Waals surface area contributed by atoms with E-state index >= 15 is 0 Å². The number of rotatable bonds is 7. The maximum atomic E-state index is 12.3. The standard InChI is InChI=1S/C20H26N2O3S.ClH/c1-14-8-9-18(15(2)12-14)20(22-19(23)10-11-21-3)16-6-5-7-17(13-16)26(4,24)25;/h5-9,12-13,20-21H,10-11H2,1-4H3,(H,22,23);1H. The first kappa shape index (κ1) is 23.1. The Kier molecular flexibility index (Phi) is 8.47. The molecule has 0 aliphatic heterocycles. The van der Waals surface area contributed by atoms with Crippen LogP contribution in [0, 0.1) is 13.8 Å². The van der Waals surface area contributed by atoms with E-state index < -0.39 is 15.9 Å². The van der Waals surface area contributed by atoms with Crippen LogP contribution in [0.15, 0.2) is 47.4 Å². The molecule has 148 valence electrons. The molecule has 1 amide bonds. The van der Waals surface area contributed by atoms with Gasteiger partial charge in [-0.2, -0.15) is 0 Å². The van der Waals surface area contributed by atoms with Gasteiger partial charge in [0, 0.05) is 19.2 Å². The number of hydrogen-bond acceptors (Lipinski definition) is 4. The van der Waals surface area contributed by atoms with E-state index in [1.807, 2.05) is 32.0 Å². The van der Waals surface area contributed by atoms with Gasteiger partial charge in [-0.05, 0) is 49.7 Å². The molecule has 1 unspecified atom stereocenters. The largest absolute Gasteiger partial charge is 0.345 e. The second-order valence-corrected chi connectivity index (χ2v) is 8.57. The van der Waals surface area contributed by atoms with Crippen LogP contribution in [0.1, 0.15) is 34.7 Å². The maximum absolute atomic E-state index is 12.3. The number of halogens is 1. The van der Waals surface area contributed by atoms with Crippen molar-refractivity contribution in [3.8, 4) is 0 Å². The number of sulfone groups is 1. The van der Waals surface area contributed by atoms with E-state index in [-0.39, 0.29) is 23.2 Å². The predicted molar refractivity (Wildman–Crippen MR) is 111 cm³/mol. The van der Waals surface area contributed by atoms with Gasteiger partial charge >= 0.3 is 0 Å². The highest BCUT2D eigenvalue weighted by Gasteiger charge is 2.20. The summed E-state index contributed by atoms with van der Waals surface area (Å²) < 4.78 is 23.8. The lowest BCUT2D eigenvalue weighted by Crippen LogP contribution is -2.31. The molecular formula is C20H27ClN2O3S. The van der Waals surface area contributed by atoms with E-state index in [4.69, 9.17) is 0 Å². The fraction of sp³-hybridized carbons (Fsp3) is 0.350. The van der Waals surface area contributed by atoms with Gasteiger partial charge in [-0.25, -0.2) is 8.42 Å². The number of amides is 1. The molecule has 0 aliphatic carbocycles. The molecule has 0 saturated heterocycles. The summed E-state index contributed by atoms with van der Waals surface area (Å²) in [5.74, 6) is -0.0888. The summed E-state index contributed by atoms with van der Waals surface area (Å²) in [5, 5.41) is 6.01. The molecule has 0 spiro atoms. The van der Waals surface area contributed by atoms with Gasteiger partial charge in [0.05, 0.1) is 10.9 Å². The Labute approximate surface area is 167 Å². The van der Waals surface area contributed by atoms with Crippen molar-refractivity contribution in [1.29, 1.82) is 0 Å². The molecule has 0 aliphatic rings. The minimum absolute atomic E-state index is 0. The van der Waals surface area contributed by atoms with Gasteiger partial charge in [0.15, 0.2) is 9.84 Å². The van der Waals surface area contributed by atoms with Gasteiger partial charge in [-0.15, -0.1) is 12.4 Å². The Morgan fingerprint density at radius 1 is 1.11 bits per heavy atom. The summed E-state index contributed by atoms with van der Waals surface area (Å²) in [6, 6.07) is 12.4. The van der Waals surface area contributed by atoms with Crippen molar-refractivity contribution in [3.05, 3.63) is 64.7 Å². The zero-order valence-electron chi connectivity index (χ0n) is 16.1. The molecule has 2 aromatic carbocycles. The van der Waals surface area contributed by atoms with E-state index in [9.17, 15) is 13.2 Å². The fourth-order valence-corrected chi connectivity index (χ4v) is 3.56. The van der Waals surface area contributed by atoms with Crippen molar-refractivity contribution in [2.45, 2.75) is 31.2 Å². The highest BCUT2D eigenvalue weighted by atomic mass is 35.5. The van der Waals surface area contributed by atoms with E-state index in [1.165, 1.54) is 6.26 Å². The van der Waals surface area contributed by atoms with Gasteiger partial charge < -0.3 is 10.6 Å². The molecule has 2 rings (SSSR count). The first-order valence-electron chi connectivity index (χ1n) is 8.53. The van der Waals surface area contributed by atoms with Crippen LogP contribution in [0.25, 0.3) is 0 Å². The van der Waals surface area contributed by atoms with Crippen LogP contribution in [-0.4, -0.2) is 34.2 Å². The second-order valence-electron chi connectivity index (χ2n) is 6.56. The molecule has 2 aromatic rings. The average Bonchev–Trinajstić information content (AvgIpc) is 2.58. The second kappa shape index (κ2) is 9.88. The first-order chi connectivity index (χ1) is 12.2. The number of carbonyl (C=O) groups excluding carboxylic acids is 1. The van der Waals surface area contributed by atoms with Crippen LogP contribution >= 0.6 is 12.4 Å². The van der Waals surface area contributed by atoms with E-state index in [0.717, 1.165) is 22.3 Å². The van der Waals surface area contributed by atoms with Gasteiger partial charge in [0.1, 0.15) is 0 Å². The van der Waals surface area contributed by atoms with Crippen LogP contribution < -0.4 is 10.6 Å². The summed E-state index contributed by atoms with van der Waals surface area (Å²) in [4.78, 5) is 12.6. The number of hydrogen-bond donors (Lipinski definition) is 2. The number of nitrogens with one attached hydrogen (secondary N) is 2. The third kappa shape index (κ3) is 6.34. The molecule has 0 saturated carbocycles. The van der Waals surface area contributed by atoms with E-state index in [0.29, 0.717) is 13.0 Å². The van der Waals surface area contributed by atoms with E-state index in [2.05, 4.69) is 16.7 Å². The molecule has 1 atom stereocenters. The molecule has 7 heteroatoms. The molecular weight excluding hydrogens is 384 g/mol. The van der Waals surface area contributed by atoms with Crippen LogP contribution in [0.5, 0.6) is 0 Å². The fourth-order valence-electron chi connectivity index (χ4n) is 2.89.